The van der Waals surface area contributed by atoms with Crippen LogP contribution in [-0.2, 0) is 4.79 Å². The lowest BCUT2D eigenvalue weighted by Crippen LogP contribution is -2.37. The Balaban J connectivity index is 1.92. The number of non-ortho nitro benzene ring substituents is 1. The second-order valence-corrected chi connectivity index (χ2v) is 5.97. The van der Waals surface area contributed by atoms with Crippen LogP contribution in [0.4, 0.5) is 15.8 Å². The first-order chi connectivity index (χ1) is 12.3. The fourth-order valence-corrected chi connectivity index (χ4v) is 2.41. The number of nitro benzene ring substituents is 1. The van der Waals surface area contributed by atoms with E-state index in [1.54, 1.807) is 25.1 Å². The van der Waals surface area contributed by atoms with Crippen LogP contribution in [-0.4, -0.2) is 22.5 Å². The van der Waals surface area contributed by atoms with E-state index in [1.165, 1.54) is 0 Å². The van der Waals surface area contributed by atoms with Gasteiger partial charge in [-0.15, -0.1) is 0 Å². The number of aryl methyl sites for hydroxylation is 1. The van der Waals surface area contributed by atoms with E-state index in [0.29, 0.717) is 10.8 Å². The molecule has 2 aromatic carbocycles. The van der Waals surface area contributed by atoms with Crippen LogP contribution in [0.25, 0.3) is 0 Å². The lowest BCUT2D eigenvalue weighted by Gasteiger charge is -2.12. The van der Waals surface area contributed by atoms with Crippen molar-refractivity contribution < 1.29 is 18.8 Å². The molecule has 0 radical (unpaired) electrons. The second kappa shape index (κ2) is 8.54. The number of nitrogens with one attached hydrogen (secondary N) is 2. The molecule has 0 bridgehead atoms. The summed E-state index contributed by atoms with van der Waals surface area (Å²) < 4.78 is 19.0. The molecule has 0 aliphatic rings. The largest absolute Gasteiger partial charge is 0.483 e. The number of nitrogens with zero attached hydrogens (tertiary/aromatic N) is 1. The van der Waals surface area contributed by atoms with Crippen molar-refractivity contribution in [1.82, 2.24) is 5.32 Å². The summed E-state index contributed by atoms with van der Waals surface area (Å²) in [5.41, 5.74) is 0.216. The highest BCUT2D eigenvalue weighted by molar-refractivity contribution is 7.80. The predicted molar refractivity (Wildman–Crippen MR) is 99.1 cm³/mol. The monoisotopic (exact) mass is 397 g/mol. The Kier molecular flexibility index (Phi) is 6.42. The van der Waals surface area contributed by atoms with Crippen LogP contribution in [0, 0.1) is 22.9 Å². The third kappa shape index (κ3) is 5.36. The van der Waals surface area contributed by atoms with Gasteiger partial charge in [0.2, 0.25) is 0 Å². The molecule has 26 heavy (non-hydrogen) atoms. The van der Waals surface area contributed by atoms with E-state index < -0.39 is 16.6 Å². The molecule has 0 spiro atoms. The predicted octanol–water partition coefficient (Wildman–Crippen LogP) is 3.59. The van der Waals surface area contributed by atoms with E-state index in [9.17, 15) is 19.3 Å². The molecule has 0 heterocycles. The summed E-state index contributed by atoms with van der Waals surface area (Å²) in [4.78, 5) is 21.9. The maximum atomic E-state index is 13.7. The highest BCUT2D eigenvalue weighted by Gasteiger charge is 2.13. The van der Waals surface area contributed by atoms with Crippen LogP contribution in [0.5, 0.6) is 5.75 Å². The van der Waals surface area contributed by atoms with E-state index in [1.807, 2.05) is 0 Å². The van der Waals surface area contributed by atoms with Crippen LogP contribution in [0.1, 0.15) is 5.56 Å². The Morgan fingerprint density at radius 2 is 2.08 bits per heavy atom. The third-order valence-electron chi connectivity index (χ3n) is 3.16. The molecule has 0 fully saturated rings. The van der Waals surface area contributed by atoms with E-state index in [2.05, 4.69) is 10.6 Å². The van der Waals surface area contributed by atoms with Crippen molar-refractivity contribution in [2.45, 2.75) is 6.92 Å². The van der Waals surface area contributed by atoms with Gasteiger partial charge in [0, 0.05) is 17.2 Å². The summed E-state index contributed by atoms with van der Waals surface area (Å²) in [5, 5.41) is 15.8. The lowest BCUT2D eigenvalue weighted by molar-refractivity contribution is -0.384. The minimum atomic E-state index is -0.750. The topological polar surface area (TPSA) is 93.5 Å². The number of hydrogen-bond donors (Lipinski definition) is 2. The van der Waals surface area contributed by atoms with Gasteiger partial charge in [0.1, 0.15) is 11.6 Å². The Bertz CT molecular complexity index is 879. The zero-order chi connectivity index (χ0) is 19.3. The number of rotatable bonds is 5. The summed E-state index contributed by atoms with van der Waals surface area (Å²) >= 11 is 10.7. The number of thiocarbonyl (C=S) groups is 1. The molecule has 0 atom stereocenters. The van der Waals surface area contributed by atoms with Gasteiger partial charge in [-0.1, -0.05) is 11.6 Å². The highest BCUT2D eigenvalue weighted by atomic mass is 35.5. The SMILES string of the molecule is Cc1cc(Cl)ccc1OCC(=O)NC(=S)Nc1cc([N+](=O)[O-])ccc1F. The zero-order valence-corrected chi connectivity index (χ0v) is 15.0. The Morgan fingerprint density at radius 3 is 2.73 bits per heavy atom. The van der Waals surface area contributed by atoms with Gasteiger partial charge in [0.15, 0.2) is 11.7 Å². The van der Waals surface area contributed by atoms with E-state index in [4.69, 9.17) is 28.6 Å². The molecule has 136 valence electrons. The summed E-state index contributed by atoms with van der Waals surface area (Å²) in [6.07, 6.45) is 0. The number of ether oxygens (including phenoxy) is 1. The standard InChI is InChI=1S/C16H13ClFN3O4S/c1-9-6-10(17)2-5-14(9)25-8-15(22)20-16(26)19-13-7-11(21(23)24)3-4-12(13)18/h2-7H,8H2,1H3,(H2,19,20,22,26). The van der Waals surface area contributed by atoms with Gasteiger partial charge >= 0.3 is 0 Å². The summed E-state index contributed by atoms with van der Waals surface area (Å²) in [6.45, 7) is 1.44. The average molecular weight is 398 g/mol. The van der Waals surface area contributed by atoms with Crippen molar-refractivity contribution >= 4 is 46.2 Å². The Hall–Kier alpha value is -2.78. The first-order valence-corrected chi connectivity index (χ1v) is 7.98. The molecule has 0 aliphatic heterocycles. The van der Waals surface area contributed by atoms with Crippen molar-refractivity contribution in [3.63, 3.8) is 0 Å². The molecular weight excluding hydrogens is 385 g/mol. The first-order valence-electron chi connectivity index (χ1n) is 7.20. The molecule has 2 rings (SSSR count). The van der Waals surface area contributed by atoms with Crippen molar-refractivity contribution in [2.75, 3.05) is 11.9 Å². The smallest absolute Gasteiger partial charge is 0.271 e. The summed E-state index contributed by atoms with van der Waals surface area (Å²) in [6, 6.07) is 7.86. The number of benzene rings is 2. The minimum Gasteiger partial charge on any atom is -0.483 e. The van der Waals surface area contributed by atoms with Gasteiger partial charge in [0.05, 0.1) is 10.6 Å². The van der Waals surface area contributed by atoms with Crippen LogP contribution in [0.2, 0.25) is 5.02 Å². The number of nitro groups is 1. The Morgan fingerprint density at radius 1 is 1.35 bits per heavy atom. The molecule has 10 heteroatoms. The fraction of sp³-hybridized carbons (Fsp3) is 0.125. The Labute approximate surface area is 158 Å². The second-order valence-electron chi connectivity index (χ2n) is 5.12. The van der Waals surface area contributed by atoms with Crippen LogP contribution >= 0.6 is 23.8 Å². The molecule has 7 nitrogen and oxygen atoms in total. The van der Waals surface area contributed by atoms with E-state index in [0.717, 1.165) is 23.8 Å². The molecule has 0 aromatic heterocycles. The first kappa shape index (κ1) is 19.5. The van der Waals surface area contributed by atoms with Crippen LogP contribution < -0.4 is 15.4 Å². The van der Waals surface area contributed by atoms with Crippen LogP contribution in [0.15, 0.2) is 36.4 Å². The highest BCUT2D eigenvalue weighted by Crippen LogP contribution is 2.22. The number of halogens is 2. The zero-order valence-electron chi connectivity index (χ0n) is 13.4. The van der Waals surface area contributed by atoms with Crippen molar-refractivity contribution in [1.29, 1.82) is 0 Å². The summed E-state index contributed by atoms with van der Waals surface area (Å²) in [7, 11) is 0. The van der Waals surface area contributed by atoms with Crippen molar-refractivity contribution in [2.24, 2.45) is 0 Å². The maximum absolute atomic E-state index is 13.7. The molecule has 1 amide bonds. The van der Waals surface area contributed by atoms with E-state index >= 15 is 0 Å². The van der Waals surface area contributed by atoms with Gasteiger partial charge in [-0.3, -0.25) is 20.2 Å². The summed E-state index contributed by atoms with van der Waals surface area (Å²) in [5.74, 6) is -0.851. The maximum Gasteiger partial charge on any atom is 0.271 e. The fourth-order valence-electron chi connectivity index (χ4n) is 1.96. The number of carbonyl (C=O) groups is 1. The normalized spacial score (nSPS) is 10.1. The van der Waals surface area contributed by atoms with Gasteiger partial charge < -0.3 is 10.1 Å². The van der Waals surface area contributed by atoms with Gasteiger partial charge in [-0.25, -0.2) is 4.39 Å². The molecular formula is C16H13ClFN3O4S. The lowest BCUT2D eigenvalue weighted by atomic mass is 10.2. The molecule has 0 aliphatic carbocycles. The van der Waals surface area contributed by atoms with Crippen LogP contribution in [0.3, 0.4) is 0 Å². The van der Waals surface area contributed by atoms with Gasteiger partial charge in [-0.05, 0) is 49.0 Å². The number of anilines is 1. The quantitative estimate of drug-likeness (QED) is 0.455. The number of carbonyl (C=O) groups excluding carboxylic acids is 1. The average Bonchev–Trinajstić information content (AvgIpc) is 2.55. The molecule has 2 aromatic rings. The van der Waals surface area contributed by atoms with Crippen molar-refractivity contribution in [3.05, 3.63) is 62.9 Å². The van der Waals surface area contributed by atoms with E-state index in [-0.39, 0.29) is 23.1 Å². The number of hydrogen-bond acceptors (Lipinski definition) is 5. The number of amides is 1. The molecule has 0 unspecified atom stereocenters. The minimum absolute atomic E-state index is 0.217. The molecule has 0 saturated carbocycles. The van der Waals surface area contributed by atoms with Gasteiger partial charge in [-0.2, -0.15) is 0 Å². The van der Waals surface area contributed by atoms with Crippen molar-refractivity contribution in [3.8, 4) is 5.75 Å². The third-order valence-corrected chi connectivity index (χ3v) is 3.60. The molecule has 2 N–H and O–H groups in total. The van der Waals surface area contributed by atoms with Gasteiger partial charge in [0.25, 0.3) is 11.6 Å². The molecule has 0 saturated heterocycles.